The number of aromatic nitrogens is 2. The van der Waals surface area contributed by atoms with Gasteiger partial charge >= 0.3 is 0 Å². The average molecular weight is 282 g/mol. The van der Waals surface area contributed by atoms with Gasteiger partial charge in [-0.2, -0.15) is 0 Å². The van der Waals surface area contributed by atoms with Gasteiger partial charge in [-0.05, 0) is 24.3 Å². The van der Waals surface area contributed by atoms with E-state index in [0.29, 0.717) is 5.15 Å². The van der Waals surface area contributed by atoms with E-state index in [2.05, 4.69) is 39.7 Å². The van der Waals surface area contributed by atoms with Crippen molar-refractivity contribution in [3.8, 4) is 0 Å². The van der Waals surface area contributed by atoms with Crippen molar-refractivity contribution >= 4 is 28.8 Å². The highest BCUT2D eigenvalue weighted by Gasteiger charge is 2.02. The molecule has 5 heteroatoms. The summed E-state index contributed by atoms with van der Waals surface area (Å²) in [4.78, 5) is 10.0. The Morgan fingerprint density at radius 2 is 2.22 bits per heavy atom. The van der Waals surface area contributed by atoms with Crippen molar-refractivity contribution in [2.75, 3.05) is 11.9 Å². The number of thiophene rings is 1. The molecule has 0 unspecified atom stereocenters. The summed E-state index contributed by atoms with van der Waals surface area (Å²) in [6, 6.07) is 5.98. The molecule has 0 aliphatic carbocycles. The van der Waals surface area contributed by atoms with Crippen LogP contribution in [0.5, 0.6) is 0 Å². The lowest BCUT2D eigenvalue weighted by molar-refractivity contribution is 0.833. The number of nitrogens with one attached hydrogen (secondary N) is 1. The van der Waals surface area contributed by atoms with Gasteiger partial charge in [0.1, 0.15) is 16.8 Å². The smallest absolute Gasteiger partial charge is 0.134 e. The molecule has 2 aromatic heterocycles. The van der Waals surface area contributed by atoms with E-state index in [1.807, 2.05) is 0 Å². The lowest BCUT2D eigenvalue weighted by atomic mass is 10.3. The van der Waals surface area contributed by atoms with Gasteiger partial charge in [-0.25, -0.2) is 9.97 Å². The number of hydrogen-bond acceptors (Lipinski definition) is 4. The zero-order valence-electron chi connectivity index (χ0n) is 10.3. The summed E-state index contributed by atoms with van der Waals surface area (Å²) >= 11 is 7.75. The molecule has 2 aromatic rings. The third-order valence-corrected chi connectivity index (χ3v) is 3.60. The van der Waals surface area contributed by atoms with Crippen molar-refractivity contribution in [2.24, 2.45) is 0 Å². The standard InChI is InChI=1S/C13H16ClN3S/c1-2-4-12-16-11(14)9-13(17-12)15-7-6-10-5-3-8-18-10/h3,5,8-9H,2,4,6-7H2,1H3,(H,15,16,17). The molecule has 1 N–H and O–H groups in total. The van der Waals surface area contributed by atoms with Gasteiger partial charge in [0.25, 0.3) is 0 Å². The highest BCUT2D eigenvalue weighted by molar-refractivity contribution is 7.09. The van der Waals surface area contributed by atoms with E-state index >= 15 is 0 Å². The van der Waals surface area contributed by atoms with Gasteiger partial charge in [0.05, 0.1) is 0 Å². The predicted molar refractivity (Wildman–Crippen MR) is 77.5 cm³/mol. The van der Waals surface area contributed by atoms with Gasteiger partial charge in [-0.15, -0.1) is 11.3 Å². The maximum absolute atomic E-state index is 5.98. The first-order valence-corrected chi connectivity index (χ1v) is 7.33. The van der Waals surface area contributed by atoms with E-state index in [4.69, 9.17) is 11.6 Å². The minimum Gasteiger partial charge on any atom is -0.370 e. The Kier molecular flexibility index (Phi) is 4.96. The first-order valence-electron chi connectivity index (χ1n) is 6.07. The molecule has 0 bridgehead atoms. The number of nitrogens with zero attached hydrogens (tertiary/aromatic N) is 2. The third-order valence-electron chi connectivity index (χ3n) is 2.47. The topological polar surface area (TPSA) is 37.8 Å². The number of halogens is 1. The number of aryl methyl sites for hydroxylation is 1. The van der Waals surface area contributed by atoms with Crippen LogP contribution < -0.4 is 5.32 Å². The van der Waals surface area contributed by atoms with Gasteiger partial charge in [0.2, 0.25) is 0 Å². The Bertz CT molecular complexity index is 485. The summed E-state index contributed by atoms with van der Waals surface area (Å²) in [5, 5.41) is 5.89. The van der Waals surface area contributed by atoms with E-state index in [1.165, 1.54) is 4.88 Å². The predicted octanol–water partition coefficient (Wildman–Crippen LogP) is 3.80. The summed E-state index contributed by atoms with van der Waals surface area (Å²) in [6.07, 6.45) is 2.89. The second-order valence-corrected chi connectivity index (χ2v) is 5.42. The van der Waals surface area contributed by atoms with Crippen LogP contribution in [-0.2, 0) is 12.8 Å². The largest absolute Gasteiger partial charge is 0.370 e. The normalized spacial score (nSPS) is 10.6. The number of rotatable bonds is 6. The van der Waals surface area contributed by atoms with Crippen LogP contribution in [0.3, 0.4) is 0 Å². The average Bonchev–Trinajstić information content (AvgIpc) is 2.82. The SMILES string of the molecule is CCCc1nc(Cl)cc(NCCc2cccs2)n1. The monoisotopic (exact) mass is 281 g/mol. The van der Waals surface area contributed by atoms with Crippen molar-refractivity contribution < 1.29 is 0 Å². The Labute approximate surface area is 116 Å². The van der Waals surface area contributed by atoms with Gasteiger partial charge in [-0.1, -0.05) is 24.6 Å². The molecule has 0 spiro atoms. The molecule has 18 heavy (non-hydrogen) atoms. The van der Waals surface area contributed by atoms with Crippen LogP contribution in [0.1, 0.15) is 24.0 Å². The van der Waals surface area contributed by atoms with Crippen LogP contribution in [0.15, 0.2) is 23.6 Å². The van der Waals surface area contributed by atoms with Gasteiger partial charge in [0.15, 0.2) is 0 Å². The fourth-order valence-corrected chi connectivity index (χ4v) is 2.57. The molecule has 0 atom stereocenters. The Morgan fingerprint density at radius 3 is 2.94 bits per heavy atom. The van der Waals surface area contributed by atoms with Crippen LogP contribution in [0.2, 0.25) is 5.15 Å². The molecule has 0 saturated carbocycles. The minimum atomic E-state index is 0.507. The van der Waals surface area contributed by atoms with Crippen molar-refractivity contribution in [3.05, 3.63) is 39.4 Å². The van der Waals surface area contributed by atoms with Crippen molar-refractivity contribution in [1.82, 2.24) is 9.97 Å². The molecule has 0 aromatic carbocycles. The highest BCUT2D eigenvalue weighted by atomic mass is 35.5. The van der Waals surface area contributed by atoms with Crippen LogP contribution in [-0.4, -0.2) is 16.5 Å². The van der Waals surface area contributed by atoms with Gasteiger partial charge in [-0.3, -0.25) is 0 Å². The van der Waals surface area contributed by atoms with E-state index < -0.39 is 0 Å². The Hall–Kier alpha value is -1.13. The highest BCUT2D eigenvalue weighted by Crippen LogP contribution is 2.13. The Balaban J connectivity index is 1.92. The van der Waals surface area contributed by atoms with Crippen LogP contribution in [0.25, 0.3) is 0 Å². The molecule has 96 valence electrons. The van der Waals surface area contributed by atoms with Gasteiger partial charge in [0, 0.05) is 23.9 Å². The lowest BCUT2D eigenvalue weighted by Gasteiger charge is -2.06. The lowest BCUT2D eigenvalue weighted by Crippen LogP contribution is -2.07. The number of anilines is 1. The summed E-state index contributed by atoms with van der Waals surface area (Å²) in [6.45, 7) is 2.97. The van der Waals surface area contributed by atoms with E-state index in [9.17, 15) is 0 Å². The maximum atomic E-state index is 5.98. The molecule has 0 fully saturated rings. The third kappa shape index (κ3) is 3.96. The van der Waals surface area contributed by atoms with Gasteiger partial charge < -0.3 is 5.32 Å². The van der Waals surface area contributed by atoms with E-state index in [-0.39, 0.29) is 0 Å². The van der Waals surface area contributed by atoms with Crippen molar-refractivity contribution in [3.63, 3.8) is 0 Å². The molecule has 0 radical (unpaired) electrons. The maximum Gasteiger partial charge on any atom is 0.134 e. The Morgan fingerprint density at radius 1 is 1.33 bits per heavy atom. The van der Waals surface area contributed by atoms with Crippen LogP contribution >= 0.6 is 22.9 Å². The molecule has 2 heterocycles. The minimum absolute atomic E-state index is 0.507. The first kappa shape index (κ1) is 13.3. The van der Waals surface area contributed by atoms with Crippen LogP contribution in [0.4, 0.5) is 5.82 Å². The molecular formula is C13H16ClN3S. The molecule has 2 rings (SSSR count). The molecule has 0 aliphatic heterocycles. The van der Waals surface area contributed by atoms with E-state index in [1.54, 1.807) is 17.4 Å². The fraction of sp³-hybridized carbons (Fsp3) is 0.385. The molecule has 0 amide bonds. The second kappa shape index (κ2) is 6.71. The zero-order chi connectivity index (χ0) is 12.8. The van der Waals surface area contributed by atoms with E-state index in [0.717, 1.165) is 37.4 Å². The molecular weight excluding hydrogens is 266 g/mol. The van der Waals surface area contributed by atoms with Crippen molar-refractivity contribution in [1.29, 1.82) is 0 Å². The fourth-order valence-electron chi connectivity index (χ4n) is 1.66. The number of hydrogen-bond donors (Lipinski definition) is 1. The van der Waals surface area contributed by atoms with Crippen molar-refractivity contribution in [2.45, 2.75) is 26.2 Å². The zero-order valence-corrected chi connectivity index (χ0v) is 11.9. The first-order chi connectivity index (χ1) is 8.78. The second-order valence-electron chi connectivity index (χ2n) is 4.00. The van der Waals surface area contributed by atoms with Crippen LogP contribution in [0, 0.1) is 0 Å². The molecule has 0 aliphatic rings. The summed E-state index contributed by atoms with van der Waals surface area (Å²) < 4.78 is 0. The summed E-state index contributed by atoms with van der Waals surface area (Å²) in [7, 11) is 0. The molecule has 3 nitrogen and oxygen atoms in total. The molecule has 0 saturated heterocycles. The quantitative estimate of drug-likeness (QED) is 0.819. The summed E-state index contributed by atoms with van der Waals surface area (Å²) in [5.74, 6) is 1.62. The summed E-state index contributed by atoms with van der Waals surface area (Å²) in [5.41, 5.74) is 0.